The summed E-state index contributed by atoms with van der Waals surface area (Å²) >= 11 is 0. The summed E-state index contributed by atoms with van der Waals surface area (Å²) in [4.78, 5) is 11.1. The molecule has 1 saturated carbocycles. The molecular formula is C15H22N2O2. The molecule has 1 fully saturated rings. The van der Waals surface area contributed by atoms with Crippen LogP contribution in [0.3, 0.4) is 0 Å². The minimum absolute atomic E-state index is 0.278. The first-order valence-electron chi connectivity index (χ1n) is 6.83. The van der Waals surface area contributed by atoms with Gasteiger partial charge in [0, 0.05) is 5.56 Å². The predicted molar refractivity (Wildman–Crippen MR) is 74.7 cm³/mol. The Kier molecular flexibility index (Phi) is 4.56. The van der Waals surface area contributed by atoms with Crippen LogP contribution in [0.15, 0.2) is 18.2 Å². The van der Waals surface area contributed by atoms with Crippen LogP contribution in [-0.2, 0) is 11.3 Å². The monoisotopic (exact) mass is 262 g/mol. The maximum absolute atomic E-state index is 11.1. The van der Waals surface area contributed by atoms with Crippen molar-refractivity contribution in [1.29, 1.82) is 0 Å². The second kappa shape index (κ2) is 6.17. The van der Waals surface area contributed by atoms with Gasteiger partial charge in [-0.15, -0.1) is 0 Å². The van der Waals surface area contributed by atoms with Crippen LogP contribution in [0.25, 0.3) is 0 Å². The Morgan fingerprint density at radius 1 is 1.42 bits per heavy atom. The first-order valence-corrected chi connectivity index (χ1v) is 6.83. The Labute approximate surface area is 114 Å². The molecule has 2 unspecified atom stereocenters. The van der Waals surface area contributed by atoms with Gasteiger partial charge in [-0.1, -0.05) is 12.5 Å². The van der Waals surface area contributed by atoms with Crippen molar-refractivity contribution in [3.63, 3.8) is 0 Å². The van der Waals surface area contributed by atoms with Gasteiger partial charge in [0.05, 0.1) is 12.7 Å². The SMILES string of the molecule is Cc1cc(C(N)=O)ccc1COC1CCCC1CN. The molecule has 0 heterocycles. The van der Waals surface area contributed by atoms with Crippen molar-refractivity contribution < 1.29 is 9.53 Å². The molecule has 4 nitrogen and oxygen atoms in total. The highest BCUT2D eigenvalue weighted by atomic mass is 16.5. The lowest BCUT2D eigenvalue weighted by Crippen LogP contribution is -2.25. The van der Waals surface area contributed by atoms with Crippen LogP contribution >= 0.6 is 0 Å². The van der Waals surface area contributed by atoms with Crippen LogP contribution in [0.4, 0.5) is 0 Å². The Morgan fingerprint density at radius 3 is 2.84 bits per heavy atom. The van der Waals surface area contributed by atoms with Gasteiger partial charge >= 0.3 is 0 Å². The van der Waals surface area contributed by atoms with Crippen LogP contribution in [0.2, 0.25) is 0 Å². The fourth-order valence-corrected chi connectivity index (χ4v) is 2.70. The molecule has 2 atom stereocenters. The van der Waals surface area contributed by atoms with Crippen molar-refractivity contribution in [3.05, 3.63) is 34.9 Å². The van der Waals surface area contributed by atoms with E-state index >= 15 is 0 Å². The van der Waals surface area contributed by atoms with E-state index in [2.05, 4.69) is 0 Å². The van der Waals surface area contributed by atoms with Gasteiger partial charge in [-0.05, 0) is 55.5 Å². The van der Waals surface area contributed by atoms with Crippen LogP contribution in [0, 0.1) is 12.8 Å². The zero-order valence-corrected chi connectivity index (χ0v) is 11.4. The van der Waals surface area contributed by atoms with Crippen molar-refractivity contribution >= 4 is 5.91 Å². The number of primary amides is 1. The number of benzene rings is 1. The van der Waals surface area contributed by atoms with Crippen molar-refractivity contribution in [1.82, 2.24) is 0 Å². The predicted octanol–water partition coefficient (Wildman–Crippen LogP) is 1.74. The molecule has 0 bridgehead atoms. The summed E-state index contributed by atoms with van der Waals surface area (Å²) in [5, 5.41) is 0. The quantitative estimate of drug-likeness (QED) is 0.848. The van der Waals surface area contributed by atoms with E-state index in [9.17, 15) is 4.79 Å². The molecule has 0 spiro atoms. The van der Waals surface area contributed by atoms with E-state index in [-0.39, 0.29) is 6.10 Å². The highest BCUT2D eigenvalue weighted by molar-refractivity contribution is 5.93. The highest BCUT2D eigenvalue weighted by Gasteiger charge is 2.26. The lowest BCUT2D eigenvalue weighted by molar-refractivity contribution is 0.0180. The molecule has 19 heavy (non-hydrogen) atoms. The molecule has 104 valence electrons. The number of hydrogen-bond acceptors (Lipinski definition) is 3. The molecular weight excluding hydrogens is 240 g/mol. The van der Waals surface area contributed by atoms with E-state index in [4.69, 9.17) is 16.2 Å². The number of aryl methyl sites for hydroxylation is 1. The largest absolute Gasteiger partial charge is 0.373 e. The summed E-state index contributed by atoms with van der Waals surface area (Å²) in [7, 11) is 0. The van der Waals surface area contributed by atoms with E-state index in [0.717, 1.165) is 17.5 Å². The van der Waals surface area contributed by atoms with Crippen LogP contribution in [0.1, 0.15) is 40.7 Å². The van der Waals surface area contributed by atoms with Gasteiger partial charge in [0.1, 0.15) is 0 Å². The number of carbonyl (C=O) groups is 1. The minimum atomic E-state index is -0.394. The van der Waals surface area contributed by atoms with Gasteiger partial charge in [-0.3, -0.25) is 4.79 Å². The highest BCUT2D eigenvalue weighted by Crippen LogP contribution is 2.28. The van der Waals surface area contributed by atoms with Crippen molar-refractivity contribution in [2.45, 2.75) is 38.9 Å². The van der Waals surface area contributed by atoms with Gasteiger partial charge in [-0.25, -0.2) is 0 Å². The third-order valence-electron chi connectivity index (χ3n) is 3.97. The van der Waals surface area contributed by atoms with Crippen LogP contribution in [-0.4, -0.2) is 18.6 Å². The van der Waals surface area contributed by atoms with E-state index in [1.54, 1.807) is 6.07 Å². The van der Waals surface area contributed by atoms with E-state index in [1.807, 2.05) is 19.1 Å². The number of ether oxygens (including phenoxy) is 1. The molecule has 4 N–H and O–H groups in total. The lowest BCUT2D eigenvalue weighted by atomic mass is 10.0. The summed E-state index contributed by atoms with van der Waals surface area (Å²) in [6, 6.07) is 5.49. The van der Waals surface area contributed by atoms with Gasteiger partial charge in [0.15, 0.2) is 0 Å². The van der Waals surface area contributed by atoms with Gasteiger partial charge < -0.3 is 16.2 Å². The molecule has 2 rings (SSSR count). The Morgan fingerprint density at radius 2 is 2.21 bits per heavy atom. The fraction of sp³-hybridized carbons (Fsp3) is 0.533. The van der Waals surface area contributed by atoms with Crippen molar-refractivity contribution in [2.24, 2.45) is 17.4 Å². The molecule has 4 heteroatoms. The first-order chi connectivity index (χ1) is 9.11. The van der Waals surface area contributed by atoms with E-state index < -0.39 is 5.91 Å². The van der Waals surface area contributed by atoms with Crippen LogP contribution < -0.4 is 11.5 Å². The molecule has 0 aromatic heterocycles. The zero-order valence-electron chi connectivity index (χ0n) is 11.4. The molecule has 0 radical (unpaired) electrons. The molecule has 1 amide bonds. The normalized spacial score (nSPS) is 22.6. The standard InChI is InChI=1S/C15H22N2O2/c1-10-7-11(15(17)18)5-6-13(10)9-19-14-4-2-3-12(14)8-16/h5-7,12,14H,2-4,8-9,16H2,1H3,(H2,17,18). The van der Waals surface area contributed by atoms with Crippen LogP contribution in [0.5, 0.6) is 0 Å². The summed E-state index contributed by atoms with van der Waals surface area (Å²) in [6.45, 7) is 3.25. The average Bonchev–Trinajstić information content (AvgIpc) is 2.84. The number of rotatable bonds is 5. The van der Waals surface area contributed by atoms with Crippen molar-refractivity contribution in [2.75, 3.05) is 6.54 Å². The molecule has 1 aliphatic carbocycles. The summed E-state index contributed by atoms with van der Waals surface area (Å²) in [6.07, 6.45) is 3.74. The molecule has 0 aliphatic heterocycles. The Bertz CT molecular complexity index is 459. The number of amides is 1. The maximum atomic E-state index is 11.1. The molecule has 1 aromatic carbocycles. The fourth-order valence-electron chi connectivity index (χ4n) is 2.70. The summed E-state index contributed by atoms with van der Waals surface area (Å²) in [5.74, 6) is 0.0970. The number of nitrogens with two attached hydrogens (primary N) is 2. The molecule has 1 aromatic rings. The van der Waals surface area contributed by atoms with Gasteiger partial charge in [0.2, 0.25) is 5.91 Å². The maximum Gasteiger partial charge on any atom is 0.248 e. The van der Waals surface area contributed by atoms with E-state index in [0.29, 0.717) is 24.6 Å². The molecule has 1 aliphatic rings. The second-order valence-electron chi connectivity index (χ2n) is 5.28. The summed E-state index contributed by atoms with van der Waals surface area (Å²) < 4.78 is 5.98. The average molecular weight is 262 g/mol. The van der Waals surface area contributed by atoms with E-state index in [1.165, 1.54) is 12.8 Å². The molecule has 0 saturated heterocycles. The van der Waals surface area contributed by atoms with Gasteiger partial charge in [0.25, 0.3) is 0 Å². The number of hydrogen-bond donors (Lipinski definition) is 2. The smallest absolute Gasteiger partial charge is 0.248 e. The Balaban J connectivity index is 1.98. The first kappa shape index (κ1) is 14.0. The zero-order chi connectivity index (χ0) is 13.8. The van der Waals surface area contributed by atoms with Crippen molar-refractivity contribution in [3.8, 4) is 0 Å². The topological polar surface area (TPSA) is 78.3 Å². The lowest BCUT2D eigenvalue weighted by Gasteiger charge is -2.19. The summed E-state index contributed by atoms with van der Waals surface area (Å²) in [5.41, 5.74) is 13.7. The third-order valence-corrected chi connectivity index (χ3v) is 3.97. The Hall–Kier alpha value is -1.39. The third kappa shape index (κ3) is 3.33. The number of carbonyl (C=O) groups excluding carboxylic acids is 1. The second-order valence-corrected chi connectivity index (χ2v) is 5.28. The van der Waals surface area contributed by atoms with Gasteiger partial charge in [-0.2, -0.15) is 0 Å². The minimum Gasteiger partial charge on any atom is -0.373 e.